The highest BCUT2D eigenvalue weighted by molar-refractivity contribution is 9.10. The number of benzene rings is 1. The molecule has 0 aliphatic rings. The van der Waals surface area contributed by atoms with E-state index in [1.54, 1.807) is 13.0 Å². The van der Waals surface area contributed by atoms with E-state index in [0.29, 0.717) is 5.75 Å². The highest BCUT2D eigenvalue weighted by atomic mass is 79.9. The van der Waals surface area contributed by atoms with Crippen LogP contribution in [0.4, 0.5) is 0 Å². The van der Waals surface area contributed by atoms with E-state index in [0.717, 1.165) is 4.47 Å². The van der Waals surface area contributed by atoms with Gasteiger partial charge in [-0.1, -0.05) is 12.1 Å². The maximum absolute atomic E-state index is 11.7. The molecule has 0 bridgehead atoms. The fraction of sp³-hybridized carbons (Fsp3) is 0.154. The number of esters is 1. The van der Waals surface area contributed by atoms with Crippen LogP contribution in [0.1, 0.15) is 17.4 Å². The van der Waals surface area contributed by atoms with Crippen LogP contribution in [0, 0.1) is 0 Å². The van der Waals surface area contributed by atoms with E-state index < -0.39 is 5.97 Å². The maximum atomic E-state index is 11.7. The van der Waals surface area contributed by atoms with Gasteiger partial charge in [-0.25, -0.2) is 14.8 Å². The van der Waals surface area contributed by atoms with Gasteiger partial charge in [-0.3, -0.25) is 0 Å². The molecule has 0 saturated heterocycles. The summed E-state index contributed by atoms with van der Waals surface area (Å²) in [5.41, 5.74) is 0.0557. The third kappa shape index (κ3) is 3.29. The van der Waals surface area contributed by atoms with E-state index in [-0.39, 0.29) is 18.2 Å². The average molecular weight is 323 g/mol. The van der Waals surface area contributed by atoms with Crippen LogP contribution < -0.4 is 4.74 Å². The molecule has 98 valence electrons. The first-order chi connectivity index (χ1) is 9.22. The van der Waals surface area contributed by atoms with Gasteiger partial charge < -0.3 is 9.47 Å². The summed E-state index contributed by atoms with van der Waals surface area (Å²) in [7, 11) is 0. The van der Waals surface area contributed by atoms with Crippen molar-refractivity contribution in [3.63, 3.8) is 0 Å². The number of aromatic nitrogens is 2. The van der Waals surface area contributed by atoms with Gasteiger partial charge in [-0.15, -0.1) is 0 Å². The number of carbonyl (C=O) groups is 1. The second kappa shape index (κ2) is 6.29. The number of nitrogens with zero attached hydrogens (tertiary/aromatic N) is 2. The van der Waals surface area contributed by atoms with Crippen molar-refractivity contribution in [2.45, 2.75) is 6.92 Å². The summed E-state index contributed by atoms with van der Waals surface area (Å²) in [5.74, 6) is 0.110. The molecule has 0 aliphatic heterocycles. The Kier molecular flexibility index (Phi) is 4.46. The lowest BCUT2D eigenvalue weighted by Crippen LogP contribution is -2.09. The van der Waals surface area contributed by atoms with E-state index in [1.807, 2.05) is 18.2 Å². The largest absolute Gasteiger partial charge is 0.461 e. The van der Waals surface area contributed by atoms with Crippen LogP contribution in [0.15, 0.2) is 41.1 Å². The lowest BCUT2D eigenvalue weighted by Gasteiger charge is -2.09. The highest BCUT2D eigenvalue weighted by Crippen LogP contribution is 2.29. The lowest BCUT2D eigenvalue weighted by atomic mass is 10.3. The van der Waals surface area contributed by atoms with Crippen LogP contribution in [0.5, 0.6) is 11.6 Å². The Bertz CT molecular complexity index is 590. The zero-order valence-corrected chi connectivity index (χ0v) is 11.8. The molecule has 0 saturated carbocycles. The molecule has 5 nitrogen and oxygen atoms in total. The number of rotatable bonds is 4. The number of halogens is 1. The SMILES string of the molecule is CCOC(=O)c1nccnc1Oc1ccccc1Br. The van der Waals surface area contributed by atoms with Crippen LogP contribution in [-0.4, -0.2) is 22.5 Å². The smallest absolute Gasteiger partial charge is 0.362 e. The Hall–Kier alpha value is -1.95. The van der Waals surface area contributed by atoms with Crippen molar-refractivity contribution in [2.24, 2.45) is 0 Å². The molecule has 6 heteroatoms. The summed E-state index contributed by atoms with van der Waals surface area (Å²) >= 11 is 3.36. The average Bonchev–Trinajstić information content (AvgIpc) is 2.42. The van der Waals surface area contributed by atoms with Gasteiger partial charge in [0.1, 0.15) is 5.75 Å². The second-order valence-corrected chi connectivity index (χ2v) is 4.32. The van der Waals surface area contributed by atoms with Crippen molar-refractivity contribution in [2.75, 3.05) is 6.61 Å². The summed E-state index contributed by atoms with van der Waals surface area (Å²) in [6.45, 7) is 1.99. The van der Waals surface area contributed by atoms with Gasteiger partial charge in [0.25, 0.3) is 5.88 Å². The molecule has 19 heavy (non-hydrogen) atoms. The van der Waals surface area contributed by atoms with Crippen molar-refractivity contribution in [1.82, 2.24) is 9.97 Å². The van der Waals surface area contributed by atoms with Gasteiger partial charge in [-0.2, -0.15) is 0 Å². The molecule has 0 aliphatic carbocycles. The minimum Gasteiger partial charge on any atom is -0.461 e. The van der Waals surface area contributed by atoms with Gasteiger partial charge in [0.15, 0.2) is 0 Å². The fourth-order valence-corrected chi connectivity index (χ4v) is 1.74. The summed E-state index contributed by atoms with van der Waals surface area (Å²) in [6.07, 6.45) is 2.87. The Morgan fingerprint density at radius 2 is 2.00 bits per heavy atom. The lowest BCUT2D eigenvalue weighted by molar-refractivity contribution is 0.0515. The molecular formula is C13H11BrN2O3. The molecule has 1 aromatic carbocycles. The second-order valence-electron chi connectivity index (χ2n) is 3.46. The van der Waals surface area contributed by atoms with Gasteiger partial charge in [0.05, 0.1) is 11.1 Å². The van der Waals surface area contributed by atoms with Crippen LogP contribution in [0.2, 0.25) is 0 Å². The predicted molar refractivity (Wildman–Crippen MR) is 72.2 cm³/mol. The molecule has 0 fully saturated rings. The zero-order chi connectivity index (χ0) is 13.7. The minimum absolute atomic E-state index is 0.0557. The number of ether oxygens (including phenoxy) is 2. The molecule has 0 amide bonds. The molecule has 0 spiro atoms. The molecule has 0 N–H and O–H groups in total. The van der Waals surface area contributed by atoms with Crippen LogP contribution in [-0.2, 0) is 4.74 Å². The Morgan fingerprint density at radius 3 is 2.74 bits per heavy atom. The molecule has 0 radical (unpaired) electrons. The Balaban J connectivity index is 2.30. The standard InChI is InChI=1S/C13H11BrN2O3/c1-2-18-13(17)11-12(16-8-7-15-11)19-10-6-4-3-5-9(10)14/h3-8H,2H2,1H3. The topological polar surface area (TPSA) is 61.3 Å². The quantitative estimate of drug-likeness (QED) is 0.809. The Labute approximate surface area is 118 Å². The first-order valence-electron chi connectivity index (χ1n) is 5.63. The van der Waals surface area contributed by atoms with Crippen molar-refractivity contribution in [3.8, 4) is 11.6 Å². The monoisotopic (exact) mass is 322 g/mol. The van der Waals surface area contributed by atoms with Crippen LogP contribution >= 0.6 is 15.9 Å². The van der Waals surface area contributed by atoms with Gasteiger partial charge in [0, 0.05) is 12.4 Å². The fourth-order valence-electron chi connectivity index (χ4n) is 1.37. The summed E-state index contributed by atoms with van der Waals surface area (Å²) < 4.78 is 11.2. The van der Waals surface area contributed by atoms with E-state index in [9.17, 15) is 4.79 Å². The van der Waals surface area contributed by atoms with Crippen LogP contribution in [0.3, 0.4) is 0 Å². The van der Waals surface area contributed by atoms with E-state index >= 15 is 0 Å². The normalized spacial score (nSPS) is 10.0. The van der Waals surface area contributed by atoms with Gasteiger partial charge in [0.2, 0.25) is 5.69 Å². The summed E-state index contributed by atoms with van der Waals surface area (Å²) in [5, 5.41) is 0. The summed E-state index contributed by atoms with van der Waals surface area (Å²) in [6, 6.07) is 7.27. The highest BCUT2D eigenvalue weighted by Gasteiger charge is 2.17. The van der Waals surface area contributed by atoms with Crippen molar-refractivity contribution >= 4 is 21.9 Å². The first-order valence-corrected chi connectivity index (χ1v) is 6.42. The first kappa shape index (κ1) is 13.5. The summed E-state index contributed by atoms with van der Waals surface area (Å²) in [4.78, 5) is 19.7. The van der Waals surface area contributed by atoms with Gasteiger partial charge in [-0.05, 0) is 35.0 Å². The van der Waals surface area contributed by atoms with Crippen molar-refractivity contribution in [3.05, 3.63) is 46.8 Å². The van der Waals surface area contributed by atoms with Gasteiger partial charge >= 0.3 is 5.97 Å². The van der Waals surface area contributed by atoms with Crippen LogP contribution in [0.25, 0.3) is 0 Å². The van der Waals surface area contributed by atoms with Crippen molar-refractivity contribution in [1.29, 1.82) is 0 Å². The molecule has 0 atom stereocenters. The Morgan fingerprint density at radius 1 is 1.26 bits per heavy atom. The third-order valence-corrected chi connectivity index (χ3v) is 2.83. The maximum Gasteiger partial charge on any atom is 0.362 e. The molecule has 1 aromatic heterocycles. The molecule has 1 heterocycles. The van der Waals surface area contributed by atoms with E-state index in [4.69, 9.17) is 9.47 Å². The number of hydrogen-bond acceptors (Lipinski definition) is 5. The molecule has 2 rings (SSSR count). The predicted octanol–water partition coefficient (Wildman–Crippen LogP) is 3.21. The number of hydrogen-bond donors (Lipinski definition) is 0. The molecule has 2 aromatic rings. The van der Waals surface area contributed by atoms with Crippen molar-refractivity contribution < 1.29 is 14.3 Å². The third-order valence-electron chi connectivity index (χ3n) is 2.18. The van der Waals surface area contributed by atoms with E-state index in [2.05, 4.69) is 25.9 Å². The van der Waals surface area contributed by atoms with E-state index in [1.165, 1.54) is 12.4 Å². The number of carbonyl (C=O) groups excluding carboxylic acids is 1. The molecule has 0 unspecified atom stereocenters. The molecular weight excluding hydrogens is 312 g/mol. The minimum atomic E-state index is -0.558. The zero-order valence-electron chi connectivity index (χ0n) is 10.2. The number of para-hydroxylation sites is 1.